The van der Waals surface area contributed by atoms with E-state index in [1.165, 1.54) is 32.5 Å². The Balaban J connectivity index is 0.000000356. The molecule has 1 saturated heterocycles. The summed E-state index contributed by atoms with van der Waals surface area (Å²) in [5, 5.41) is -0.173. The van der Waals surface area contributed by atoms with E-state index in [0.29, 0.717) is 11.5 Å². The summed E-state index contributed by atoms with van der Waals surface area (Å²) < 4.78 is 40.8. The van der Waals surface area contributed by atoms with Crippen LogP contribution in [0.15, 0.2) is 29.3 Å². The third-order valence-electron chi connectivity index (χ3n) is 6.16. The third-order valence-corrected chi connectivity index (χ3v) is 6.16. The fourth-order valence-corrected chi connectivity index (χ4v) is 4.09. The molecule has 0 unspecified atom stereocenters. The molecule has 5 rings (SSSR count). The lowest BCUT2D eigenvalue weighted by atomic mass is 10.1. The van der Waals surface area contributed by atoms with Crippen molar-refractivity contribution in [3.05, 3.63) is 63.2 Å². The summed E-state index contributed by atoms with van der Waals surface area (Å²) in [4.78, 5) is 30.3. The Labute approximate surface area is 200 Å². The second-order valence-corrected chi connectivity index (χ2v) is 8.73. The first-order chi connectivity index (χ1) is 16.5. The lowest BCUT2D eigenvalue weighted by Crippen LogP contribution is -2.17. The number of fused-ring (bicyclic) bond motifs is 2. The Morgan fingerprint density at radius 1 is 1.09 bits per heavy atom. The smallest absolute Gasteiger partial charge is 0.398 e. The molecule has 0 radical (unpaired) electrons. The van der Waals surface area contributed by atoms with Crippen LogP contribution in [0.3, 0.4) is 0 Å². The average Bonchev–Trinajstić information content (AvgIpc) is 3.43. The molecule has 4 heterocycles. The van der Waals surface area contributed by atoms with Gasteiger partial charge in [-0.05, 0) is 64.0 Å². The fourth-order valence-electron chi connectivity index (χ4n) is 4.09. The molecule has 0 amide bonds. The number of aromatic amines is 1. The molecule has 35 heavy (non-hydrogen) atoms. The van der Waals surface area contributed by atoms with Crippen LogP contribution in [0.1, 0.15) is 48.1 Å². The maximum atomic E-state index is 13.0. The van der Waals surface area contributed by atoms with E-state index in [0.717, 1.165) is 23.4 Å². The predicted molar refractivity (Wildman–Crippen MR) is 128 cm³/mol. The van der Waals surface area contributed by atoms with Gasteiger partial charge in [-0.2, -0.15) is 13.2 Å². The summed E-state index contributed by atoms with van der Waals surface area (Å²) in [6.07, 6.45) is 2.04. The maximum Gasteiger partial charge on any atom is 0.418 e. The minimum Gasteiger partial charge on any atom is -0.398 e. The number of likely N-dealkylation sites (tertiary alicyclic amines) is 1. The largest absolute Gasteiger partial charge is 0.418 e. The molecule has 8 nitrogen and oxygen atoms in total. The number of alkyl halides is 3. The third kappa shape index (κ3) is 5.45. The Hall–Kier alpha value is -3.47. The quantitative estimate of drug-likeness (QED) is 0.425. The van der Waals surface area contributed by atoms with Gasteiger partial charge in [0.05, 0.1) is 22.2 Å². The topological polar surface area (TPSA) is 105 Å². The minimum absolute atomic E-state index is 0.0952. The van der Waals surface area contributed by atoms with Crippen LogP contribution in [0.2, 0.25) is 0 Å². The normalized spacial score (nSPS) is 14.5. The summed E-state index contributed by atoms with van der Waals surface area (Å²) in [5.41, 5.74) is 5.87. The first-order valence-corrected chi connectivity index (χ1v) is 11.5. The Morgan fingerprint density at radius 2 is 1.80 bits per heavy atom. The van der Waals surface area contributed by atoms with Crippen LogP contribution in [0.4, 0.5) is 18.9 Å². The number of aryl methyl sites for hydroxylation is 2. The van der Waals surface area contributed by atoms with Crippen molar-refractivity contribution in [2.45, 2.75) is 46.2 Å². The van der Waals surface area contributed by atoms with Crippen molar-refractivity contribution in [2.75, 3.05) is 25.4 Å². The maximum absolute atomic E-state index is 13.0. The highest BCUT2D eigenvalue weighted by atomic mass is 19.4. The molecule has 0 bridgehead atoms. The SMILES string of the molecule is CCN1CCCC1.Cc1cn2cc(Cc3nc4cc(N)c(C(F)(F)F)cc4c(=O)[nH]3)nc2nc1C. The van der Waals surface area contributed by atoms with E-state index in [-0.39, 0.29) is 23.1 Å². The average molecular weight is 488 g/mol. The second-order valence-electron chi connectivity index (χ2n) is 8.73. The van der Waals surface area contributed by atoms with Gasteiger partial charge in [-0.3, -0.25) is 9.20 Å². The molecule has 1 aliphatic heterocycles. The van der Waals surface area contributed by atoms with Crippen molar-refractivity contribution in [3.8, 4) is 0 Å². The second kappa shape index (κ2) is 9.65. The van der Waals surface area contributed by atoms with E-state index in [9.17, 15) is 18.0 Å². The van der Waals surface area contributed by atoms with Crippen LogP contribution in [0, 0.1) is 13.8 Å². The van der Waals surface area contributed by atoms with Crippen molar-refractivity contribution >= 4 is 22.4 Å². The monoisotopic (exact) mass is 487 g/mol. The van der Waals surface area contributed by atoms with Crippen LogP contribution >= 0.6 is 0 Å². The van der Waals surface area contributed by atoms with Gasteiger partial charge in [0, 0.05) is 30.2 Å². The molecule has 3 aromatic heterocycles. The lowest BCUT2D eigenvalue weighted by molar-refractivity contribution is -0.136. The lowest BCUT2D eigenvalue weighted by Gasteiger charge is -2.11. The van der Waals surface area contributed by atoms with Gasteiger partial charge in [0.25, 0.3) is 5.56 Å². The first-order valence-electron chi connectivity index (χ1n) is 11.5. The van der Waals surface area contributed by atoms with Crippen molar-refractivity contribution in [1.29, 1.82) is 0 Å². The highest BCUT2D eigenvalue weighted by Gasteiger charge is 2.33. The zero-order chi connectivity index (χ0) is 25.3. The molecule has 11 heteroatoms. The van der Waals surface area contributed by atoms with E-state index in [4.69, 9.17) is 5.73 Å². The van der Waals surface area contributed by atoms with Gasteiger partial charge in [-0.15, -0.1) is 0 Å². The molecule has 0 saturated carbocycles. The van der Waals surface area contributed by atoms with Crippen molar-refractivity contribution in [2.24, 2.45) is 0 Å². The van der Waals surface area contributed by atoms with Crippen molar-refractivity contribution < 1.29 is 13.2 Å². The number of hydrogen-bond donors (Lipinski definition) is 2. The number of nitrogens with one attached hydrogen (secondary N) is 1. The number of anilines is 1. The molecule has 1 aromatic carbocycles. The number of nitrogens with zero attached hydrogens (tertiary/aromatic N) is 5. The van der Waals surface area contributed by atoms with Crippen LogP contribution < -0.4 is 11.3 Å². The molecular formula is C24H28F3N7O. The molecule has 0 aliphatic carbocycles. The molecule has 186 valence electrons. The summed E-state index contributed by atoms with van der Waals surface area (Å²) in [5.74, 6) is 0.786. The number of nitrogens with two attached hydrogens (primary N) is 1. The van der Waals surface area contributed by atoms with E-state index in [2.05, 4.69) is 31.8 Å². The molecule has 1 aliphatic rings. The molecular weight excluding hydrogens is 459 g/mol. The zero-order valence-corrected chi connectivity index (χ0v) is 19.9. The van der Waals surface area contributed by atoms with Crippen LogP contribution in [-0.4, -0.2) is 48.9 Å². The Morgan fingerprint density at radius 3 is 2.43 bits per heavy atom. The zero-order valence-electron chi connectivity index (χ0n) is 19.9. The Bertz CT molecular complexity index is 1380. The summed E-state index contributed by atoms with van der Waals surface area (Å²) in [6.45, 7) is 9.98. The van der Waals surface area contributed by atoms with Crippen molar-refractivity contribution in [1.82, 2.24) is 29.2 Å². The van der Waals surface area contributed by atoms with Gasteiger partial charge >= 0.3 is 6.18 Å². The summed E-state index contributed by atoms with van der Waals surface area (Å²) in [6, 6.07) is 1.79. The van der Waals surface area contributed by atoms with E-state index >= 15 is 0 Å². The summed E-state index contributed by atoms with van der Waals surface area (Å²) in [7, 11) is 0. The van der Waals surface area contributed by atoms with E-state index in [1.54, 1.807) is 10.6 Å². The van der Waals surface area contributed by atoms with Crippen LogP contribution in [0.5, 0.6) is 0 Å². The first kappa shape index (κ1) is 24.6. The number of hydrogen-bond acceptors (Lipinski definition) is 6. The number of rotatable bonds is 3. The fraction of sp³-hybridized carbons (Fsp3) is 0.417. The minimum atomic E-state index is -4.65. The van der Waals surface area contributed by atoms with Crippen LogP contribution in [-0.2, 0) is 12.6 Å². The highest BCUT2D eigenvalue weighted by molar-refractivity contribution is 5.83. The summed E-state index contributed by atoms with van der Waals surface area (Å²) >= 11 is 0. The molecule has 0 spiro atoms. The molecule has 1 fully saturated rings. The molecule has 3 N–H and O–H groups in total. The van der Waals surface area contributed by atoms with Gasteiger partial charge in [0.2, 0.25) is 5.78 Å². The number of aromatic nitrogens is 5. The number of halogens is 3. The molecule has 4 aromatic rings. The number of benzene rings is 1. The van der Waals surface area contributed by atoms with Gasteiger partial charge in [0.1, 0.15) is 5.82 Å². The van der Waals surface area contributed by atoms with Gasteiger partial charge < -0.3 is 15.6 Å². The Kier molecular flexibility index (Phi) is 6.79. The van der Waals surface area contributed by atoms with E-state index < -0.39 is 23.0 Å². The van der Waals surface area contributed by atoms with E-state index in [1.807, 2.05) is 20.0 Å². The molecule has 0 atom stereocenters. The standard InChI is InChI=1S/C18H15F3N6O.C6H13N/c1-8-6-27-7-10(24-17(27)23-9(8)2)3-15-25-14-5-13(22)12(18(19,20)21)4-11(14)16(28)26-15;1-2-7-5-3-4-6-7/h4-7H,3,22H2,1-2H3,(H,25,26,28);2-6H2,1H3. The highest BCUT2D eigenvalue weighted by Crippen LogP contribution is 2.35. The number of nitrogen functional groups attached to an aromatic ring is 1. The van der Waals surface area contributed by atoms with Crippen molar-refractivity contribution in [3.63, 3.8) is 0 Å². The number of H-pyrrole nitrogens is 1. The predicted octanol–water partition coefficient (Wildman–Crippen LogP) is 3.88. The number of imidazole rings is 1. The van der Waals surface area contributed by atoms with Gasteiger partial charge in [-0.25, -0.2) is 15.0 Å². The van der Waals surface area contributed by atoms with Gasteiger partial charge in [-0.1, -0.05) is 6.92 Å². The van der Waals surface area contributed by atoms with Crippen LogP contribution in [0.25, 0.3) is 16.7 Å². The van der Waals surface area contributed by atoms with Gasteiger partial charge in [0.15, 0.2) is 0 Å².